The van der Waals surface area contributed by atoms with Crippen molar-refractivity contribution in [2.24, 2.45) is 5.92 Å². The third-order valence-electron chi connectivity index (χ3n) is 3.15. The molecular weight excluding hydrogens is 289 g/mol. The minimum Gasteiger partial charge on any atom is -0.480 e. The second-order valence-electron chi connectivity index (χ2n) is 4.81. The molecule has 0 spiro atoms. The molecule has 0 saturated heterocycles. The highest BCUT2D eigenvalue weighted by Gasteiger charge is 2.36. The van der Waals surface area contributed by atoms with Gasteiger partial charge in [-0.25, -0.2) is 13.2 Å². The van der Waals surface area contributed by atoms with Crippen molar-refractivity contribution < 1.29 is 27.9 Å². The summed E-state index contributed by atoms with van der Waals surface area (Å²) in [6, 6.07) is 0.734. The van der Waals surface area contributed by atoms with E-state index in [1.807, 2.05) is 0 Å². The van der Waals surface area contributed by atoms with E-state index in [1.54, 1.807) is 0 Å². The molecule has 21 heavy (non-hydrogen) atoms. The Morgan fingerprint density at radius 3 is 2.48 bits per heavy atom. The summed E-state index contributed by atoms with van der Waals surface area (Å²) in [6.07, 6.45) is 1.53. The van der Waals surface area contributed by atoms with E-state index < -0.39 is 41.1 Å². The Kier molecular flexibility index (Phi) is 4.46. The van der Waals surface area contributed by atoms with Crippen molar-refractivity contribution in [3.8, 4) is 0 Å². The van der Waals surface area contributed by atoms with Gasteiger partial charge in [-0.05, 0) is 30.9 Å². The van der Waals surface area contributed by atoms with E-state index in [0.717, 1.165) is 18.9 Å². The smallest absolute Gasteiger partial charge is 0.320 e. The van der Waals surface area contributed by atoms with Gasteiger partial charge in [-0.15, -0.1) is 0 Å². The van der Waals surface area contributed by atoms with Crippen LogP contribution in [0.5, 0.6) is 0 Å². The van der Waals surface area contributed by atoms with E-state index in [9.17, 15) is 22.8 Å². The molecule has 1 aromatic carbocycles. The standard InChI is InChI=1S/C13H13F3N2O3/c14-7-3-4-8(11(16)10(7)15)18-9(19)5-17-12(13(20)21)6-1-2-6/h3-4,6,12,17H,1-2,5H2,(H,18,19)(H,20,21). The number of carboxylic acid groups (broad SMARTS) is 1. The summed E-state index contributed by atoms with van der Waals surface area (Å²) in [7, 11) is 0. The molecule has 1 atom stereocenters. The van der Waals surface area contributed by atoms with Crippen LogP contribution in [0.25, 0.3) is 0 Å². The lowest BCUT2D eigenvalue weighted by Gasteiger charge is -2.13. The highest BCUT2D eigenvalue weighted by atomic mass is 19.2. The molecule has 1 fully saturated rings. The molecule has 5 nitrogen and oxygen atoms in total. The van der Waals surface area contributed by atoms with Gasteiger partial charge >= 0.3 is 5.97 Å². The molecule has 0 heterocycles. The summed E-state index contributed by atoms with van der Waals surface area (Å²) in [6.45, 7) is -0.369. The van der Waals surface area contributed by atoms with Crippen LogP contribution in [0.4, 0.5) is 18.9 Å². The quantitative estimate of drug-likeness (QED) is 0.696. The molecule has 8 heteroatoms. The molecule has 1 unspecified atom stereocenters. The fraction of sp³-hybridized carbons (Fsp3) is 0.385. The number of rotatable bonds is 6. The number of carbonyl (C=O) groups is 2. The fourth-order valence-corrected chi connectivity index (χ4v) is 1.90. The number of halogens is 3. The average molecular weight is 302 g/mol. The Hall–Kier alpha value is -2.09. The van der Waals surface area contributed by atoms with Gasteiger partial charge in [-0.2, -0.15) is 0 Å². The van der Waals surface area contributed by atoms with Crippen LogP contribution in [-0.2, 0) is 9.59 Å². The molecule has 0 aromatic heterocycles. The third-order valence-corrected chi connectivity index (χ3v) is 3.15. The van der Waals surface area contributed by atoms with Crippen LogP contribution in [0, 0.1) is 23.4 Å². The Balaban J connectivity index is 1.93. The van der Waals surface area contributed by atoms with Crippen LogP contribution in [0.1, 0.15) is 12.8 Å². The molecule has 1 saturated carbocycles. The molecule has 0 bridgehead atoms. The average Bonchev–Trinajstić information content (AvgIpc) is 3.24. The monoisotopic (exact) mass is 302 g/mol. The van der Waals surface area contributed by atoms with E-state index in [-0.39, 0.29) is 12.5 Å². The summed E-state index contributed by atoms with van der Waals surface area (Å²) in [5, 5.41) is 13.6. The zero-order valence-corrected chi connectivity index (χ0v) is 10.8. The van der Waals surface area contributed by atoms with E-state index in [2.05, 4.69) is 10.6 Å². The normalized spacial score (nSPS) is 15.6. The zero-order chi connectivity index (χ0) is 15.6. The second-order valence-corrected chi connectivity index (χ2v) is 4.81. The SMILES string of the molecule is O=C(CNC(C(=O)O)C1CC1)Nc1ccc(F)c(F)c1F. The number of amides is 1. The first kappa shape index (κ1) is 15.3. The van der Waals surface area contributed by atoms with E-state index in [0.29, 0.717) is 6.07 Å². The Bertz CT molecular complexity index is 576. The van der Waals surface area contributed by atoms with Crippen LogP contribution in [0.15, 0.2) is 12.1 Å². The summed E-state index contributed by atoms with van der Waals surface area (Å²) in [5.74, 6) is -6.36. The number of carboxylic acids is 1. The fourth-order valence-electron chi connectivity index (χ4n) is 1.90. The lowest BCUT2D eigenvalue weighted by atomic mass is 10.2. The number of hydrogen-bond donors (Lipinski definition) is 3. The highest BCUT2D eigenvalue weighted by Crippen LogP contribution is 2.32. The zero-order valence-electron chi connectivity index (χ0n) is 10.8. The van der Waals surface area contributed by atoms with Crippen molar-refractivity contribution in [3.63, 3.8) is 0 Å². The number of benzene rings is 1. The number of aliphatic carboxylic acids is 1. The van der Waals surface area contributed by atoms with Gasteiger partial charge in [0.25, 0.3) is 0 Å². The van der Waals surface area contributed by atoms with Gasteiger partial charge in [0.2, 0.25) is 5.91 Å². The predicted octanol–water partition coefficient (Wildman–Crippen LogP) is 1.50. The first-order valence-electron chi connectivity index (χ1n) is 6.29. The molecule has 0 radical (unpaired) electrons. The molecule has 1 aromatic rings. The maximum absolute atomic E-state index is 13.3. The van der Waals surface area contributed by atoms with Gasteiger partial charge < -0.3 is 10.4 Å². The van der Waals surface area contributed by atoms with Crippen molar-refractivity contribution in [1.29, 1.82) is 0 Å². The number of carbonyl (C=O) groups excluding carboxylic acids is 1. The minimum absolute atomic E-state index is 0.0182. The van der Waals surface area contributed by atoms with Crippen LogP contribution in [-0.4, -0.2) is 29.6 Å². The Labute approximate surface area is 118 Å². The molecule has 1 aliphatic rings. The van der Waals surface area contributed by atoms with Crippen LogP contribution in [0.3, 0.4) is 0 Å². The van der Waals surface area contributed by atoms with Crippen molar-refractivity contribution in [3.05, 3.63) is 29.6 Å². The van der Waals surface area contributed by atoms with E-state index in [1.165, 1.54) is 0 Å². The van der Waals surface area contributed by atoms with Crippen LogP contribution in [0.2, 0.25) is 0 Å². The molecule has 0 aliphatic heterocycles. The van der Waals surface area contributed by atoms with Gasteiger partial charge in [0.1, 0.15) is 6.04 Å². The third kappa shape index (κ3) is 3.72. The van der Waals surface area contributed by atoms with Gasteiger partial charge in [-0.1, -0.05) is 0 Å². The Morgan fingerprint density at radius 2 is 1.90 bits per heavy atom. The van der Waals surface area contributed by atoms with Crippen molar-refractivity contribution in [2.75, 3.05) is 11.9 Å². The summed E-state index contributed by atoms with van der Waals surface area (Å²) in [4.78, 5) is 22.5. The maximum atomic E-state index is 13.3. The number of nitrogens with one attached hydrogen (secondary N) is 2. The predicted molar refractivity (Wildman–Crippen MR) is 67.1 cm³/mol. The van der Waals surface area contributed by atoms with Crippen molar-refractivity contribution in [2.45, 2.75) is 18.9 Å². The largest absolute Gasteiger partial charge is 0.480 e. The molecular formula is C13H13F3N2O3. The Morgan fingerprint density at radius 1 is 1.24 bits per heavy atom. The van der Waals surface area contributed by atoms with Gasteiger partial charge in [0, 0.05) is 0 Å². The summed E-state index contributed by atoms with van der Waals surface area (Å²) >= 11 is 0. The van der Waals surface area contributed by atoms with Gasteiger partial charge in [0.05, 0.1) is 12.2 Å². The molecule has 1 aliphatic carbocycles. The minimum atomic E-state index is -1.68. The van der Waals surface area contributed by atoms with Crippen molar-refractivity contribution >= 4 is 17.6 Å². The highest BCUT2D eigenvalue weighted by molar-refractivity contribution is 5.92. The second kappa shape index (κ2) is 6.13. The lowest BCUT2D eigenvalue weighted by molar-refractivity contribution is -0.140. The molecule has 3 N–H and O–H groups in total. The topological polar surface area (TPSA) is 78.4 Å². The number of hydrogen-bond acceptors (Lipinski definition) is 3. The molecule has 114 valence electrons. The maximum Gasteiger partial charge on any atom is 0.320 e. The molecule has 2 rings (SSSR count). The van der Waals surface area contributed by atoms with E-state index in [4.69, 9.17) is 5.11 Å². The van der Waals surface area contributed by atoms with Crippen molar-refractivity contribution in [1.82, 2.24) is 5.32 Å². The van der Waals surface area contributed by atoms with Crippen LogP contribution >= 0.6 is 0 Å². The van der Waals surface area contributed by atoms with Crippen LogP contribution < -0.4 is 10.6 Å². The van der Waals surface area contributed by atoms with Gasteiger partial charge in [-0.3, -0.25) is 14.9 Å². The molecule has 1 amide bonds. The summed E-state index contributed by atoms with van der Waals surface area (Å²) < 4.78 is 39.1. The van der Waals surface area contributed by atoms with Gasteiger partial charge in [0.15, 0.2) is 17.5 Å². The summed E-state index contributed by atoms with van der Waals surface area (Å²) in [5.41, 5.74) is -0.501. The number of anilines is 1. The first-order chi connectivity index (χ1) is 9.90. The van der Waals surface area contributed by atoms with E-state index >= 15 is 0 Å². The first-order valence-corrected chi connectivity index (χ1v) is 6.29. The lowest BCUT2D eigenvalue weighted by Crippen LogP contribution is -2.42.